The summed E-state index contributed by atoms with van der Waals surface area (Å²) in [6.07, 6.45) is -1.38. The van der Waals surface area contributed by atoms with Gasteiger partial charge in [-0.15, -0.1) is 0 Å². The number of fused-ring (bicyclic) bond motifs is 1. The van der Waals surface area contributed by atoms with Crippen LogP contribution in [-0.2, 0) is 17.8 Å². The Balaban J connectivity index is 1.56. The van der Waals surface area contributed by atoms with Crippen molar-refractivity contribution in [3.63, 3.8) is 0 Å². The van der Waals surface area contributed by atoms with E-state index in [0.29, 0.717) is 29.2 Å². The lowest BCUT2D eigenvalue weighted by Gasteiger charge is -2.29. The maximum atomic E-state index is 13.8. The molecule has 0 bridgehead atoms. The molecule has 2 heterocycles. The third kappa shape index (κ3) is 5.96. The fraction of sp³-hybridized carbons (Fsp3) is 0.259. The van der Waals surface area contributed by atoms with Crippen LogP contribution in [0.5, 0.6) is 0 Å². The van der Waals surface area contributed by atoms with Crippen molar-refractivity contribution in [2.75, 3.05) is 16.8 Å². The molecule has 7 nitrogen and oxygen atoms in total. The normalized spacial score (nSPS) is 13.3. The number of hydrogen-bond acceptors (Lipinski definition) is 4. The van der Waals surface area contributed by atoms with Crippen molar-refractivity contribution < 1.29 is 27.6 Å². The molecule has 0 radical (unpaired) electrons. The fourth-order valence-electron chi connectivity index (χ4n) is 4.00. The lowest BCUT2D eigenvalue weighted by atomic mass is 9.97. The summed E-state index contributed by atoms with van der Waals surface area (Å²) in [5.74, 6) is -2.05. The Labute approximate surface area is 222 Å². The molecule has 2 N–H and O–H groups in total. The maximum absolute atomic E-state index is 13.8. The number of nitrogens with one attached hydrogen (secondary N) is 2. The number of aromatic nitrogens is 1. The second-order valence-corrected chi connectivity index (χ2v) is 9.68. The van der Waals surface area contributed by atoms with Crippen LogP contribution in [0.15, 0.2) is 54.7 Å². The lowest BCUT2D eigenvalue weighted by molar-refractivity contribution is -0.130. The Bertz CT molecular complexity index is 1410. The standard InChI is InChI=1S/C27H24ClF3N4O3/c1-27(2,31)26(38)33-14-15-10-21(22(23(29)30)32-13-15)24(36)34-18-7-6-16-8-9-35(25(37)20(16)12-18)19-5-3-4-17(28)11-19/h3-7,10-13,23H,8-9,14H2,1-2H3,(H,33,38)(H,34,36). The summed E-state index contributed by atoms with van der Waals surface area (Å²) in [5, 5.41) is 5.38. The second-order valence-electron chi connectivity index (χ2n) is 9.24. The van der Waals surface area contributed by atoms with E-state index in [-0.39, 0.29) is 23.7 Å². The monoisotopic (exact) mass is 544 g/mol. The van der Waals surface area contributed by atoms with E-state index in [0.717, 1.165) is 25.6 Å². The summed E-state index contributed by atoms with van der Waals surface area (Å²) in [4.78, 5) is 43.3. The molecule has 0 aliphatic carbocycles. The molecule has 1 aliphatic heterocycles. The van der Waals surface area contributed by atoms with Gasteiger partial charge in [0.25, 0.3) is 24.1 Å². The van der Waals surface area contributed by atoms with Gasteiger partial charge in [-0.25, -0.2) is 13.2 Å². The van der Waals surface area contributed by atoms with E-state index in [2.05, 4.69) is 15.6 Å². The van der Waals surface area contributed by atoms with Gasteiger partial charge >= 0.3 is 0 Å². The van der Waals surface area contributed by atoms with Gasteiger partial charge in [0.15, 0.2) is 5.67 Å². The number of benzene rings is 2. The summed E-state index contributed by atoms with van der Waals surface area (Å²) in [6, 6.07) is 12.8. The first kappa shape index (κ1) is 27.1. The van der Waals surface area contributed by atoms with Gasteiger partial charge in [0.2, 0.25) is 0 Å². The van der Waals surface area contributed by atoms with Crippen molar-refractivity contribution in [1.82, 2.24) is 10.3 Å². The van der Waals surface area contributed by atoms with Crippen LogP contribution in [0.4, 0.5) is 24.5 Å². The predicted octanol–water partition coefficient (Wildman–Crippen LogP) is 5.49. The zero-order chi connectivity index (χ0) is 27.6. The molecule has 4 rings (SSSR count). The van der Waals surface area contributed by atoms with Gasteiger partial charge in [-0.2, -0.15) is 0 Å². The fourth-order valence-corrected chi connectivity index (χ4v) is 4.19. The molecule has 198 valence electrons. The number of nitrogens with zero attached hydrogens (tertiary/aromatic N) is 2. The van der Waals surface area contributed by atoms with Crippen LogP contribution in [-0.4, -0.2) is 34.9 Å². The van der Waals surface area contributed by atoms with Gasteiger partial charge in [0.1, 0.15) is 5.69 Å². The molecule has 1 aliphatic rings. The first-order chi connectivity index (χ1) is 17.9. The largest absolute Gasteiger partial charge is 0.349 e. The Morgan fingerprint density at radius 2 is 1.92 bits per heavy atom. The lowest BCUT2D eigenvalue weighted by Crippen LogP contribution is -2.38. The van der Waals surface area contributed by atoms with Crippen molar-refractivity contribution in [2.45, 2.75) is 38.9 Å². The summed E-state index contributed by atoms with van der Waals surface area (Å²) < 4.78 is 41.0. The van der Waals surface area contributed by atoms with E-state index in [1.54, 1.807) is 41.3 Å². The number of pyridine rings is 1. The molecule has 0 saturated heterocycles. The zero-order valence-corrected chi connectivity index (χ0v) is 21.3. The van der Waals surface area contributed by atoms with E-state index >= 15 is 0 Å². The molecule has 11 heteroatoms. The maximum Gasteiger partial charge on any atom is 0.281 e. The molecule has 3 amide bonds. The van der Waals surface area contributed by atoms with Crippen molar-refractivity contribution in [1.29, 1.82) is 0 Å². The van der Waals surface area contributed by atoms with Crippen LogP contribution in [0.2, 0.25) is 5.02 Å². The second kappa shape index (κ2) is 10.8. The van der Waals surface area contributed by atoms with Crippen LogP contribution < -0.4 is 15.5 Å². The number of hydrogen-bond donors (Lipinski definition) is 2. The smallest absolute Gasteiger partial charge is 0.281 e. The number of carbonyl (C=O) groups excluding carboxylic acids is 3. The number of halogens is 4. The number of amides is 3. The summed E-state index contributed by atoms with van der Waals surface area (Å²) in [6.45, 7) is 2.40. The number of carbonyl (C=O) groups is 3. The summed E-state index contributed by atoms with van der Waals surface area (Å²) >= 11 is 6.07. The Hall–Kier alpha value is -3.92. The van der Waals surface area contributed by atoms with Crippen molar-refractivity contribution >= 4 is 40.7 Å². The molecule has 0 fully saturated rings. The number of rotatable bonds is 7. The Morgan fingerprint density at radius 3 is 2.61 bits per heavy atom. The van der Waals surface area contributed by atoms with Gasteiger partial charge < -0.3 is 15.5 Å². The third-order valence-electron chi connectivity index (χ3n) is 5.99. The average molecular weight is 545 g/mol. The molecular formula is C27H24ClF3N4O3. The minimum atomic E-state index is -3.04. The van der Waals surface area contributed by atoms with E-state index in [1.807, 2.05) is 0 Å². The van der Waals surface area contributed by atoms with Gasteiger partial charge in [0, 0.05) is 41.2 Å². The van der Waals surface area contributed by atoms with Gasteiger partial charge in [-0.05, 0) is 67.8 Å². The molecule has 2 aromatic carbocycles. The summed E-state index contributed by atoms with van der Waals surface area (Å²) in [5.41, 5.74) is -1.04. The molecule has 0 spiro atoms. The van der Waals surface area contributed by atoms with Crippen LogP contribution in [0, 0.1) is 0 Å². The van der Waals surface area contributed by atoms with E-state index in [1.165, 1.54) is 12.1 Å². The van der Waals surface area contributed by atoms with Crippen LogP contribution >= 0.6 is 11.6 Å². The topological polar surface area (TPSA) is 91.4 Å². The van der Waals surface area contributed by atoms with Crippen molar-refractivity contribution in [2.24, 2.45) is 0 Å². The average Bonchev–Trinajstić information content (AvgIpc) is 2.87. The van der Waals surface area contributed by atoms with Crippen LogP contribution in [0.25, 0.3) is 0 Å². The highest BCUT2D eigenvalue weighted by molar-refractivity contribution is 6.31. The van der Waals surface area contributed by atoms with E-state index < -0.39 is 35.2 Å². The minimum Gasteiger partial charge on any atom is -0.349 e. The van der Waals surface area contributed by atoms with Gasteiger partial charge in [0.05, 0.1) is 5.56 Å². The number of alkyl halides is 3. The zero-order valence-electron chi connectivity index (χ0n) is 20.5. The summed E-state index contributed by atoms with van der Waals surface area (Å²) in [7, 11) is 0. The van der Waals surface area contributed by atoms with Gasteiger partial charge in [-0.3, -0.25) is 19.4 Å². The third-order valence-corrected chi connectivity index (χ3v) is 6.22. The van der Waals surface area contributed by atoms with Crippen molar-refractivity contribution in [3.05, 3.63) is 87.7 Å². The molecule has 38 heavy (non-hydrogen) atoms. The quantitative estimate of drug-likeness (QED) is 0.411. The van der Waals surface area contributed by atoms with E-state index in [9.17, 15) is 27.6 Å². The molecule has 0 atom stereocenters. The number of anilines is 2. The molecule has 1 aromatic heterocycles. The molecule has 0 saturated carbocycles. The van der Waals surface area contributed by atoms with E-state index in [4.69, 9.17) is 11.6 Å². The highest BCUT2D eigenvalue weighted by Gasteiger charge is 2.28. The Morgan fingerprint density at radius 1 is 1.16 bits per heavy atom. The first-order valence-corrected chi connectivity index (χ1v) is 12.1. The highest BCUT2D eigenvalue weighted by Crippen LogP contribution is 2.29. The van der Waals surface area contributed by atoms with Crippen LogP contribution in [0.1, 0.15) is 57.8 Å². The van der Waals surface area contributed by atoms with Crippen molar-refractivity contribution in [3.8, 4) is 0 Å². The van der Waals surface area contributed by atoms with Crippen LogP contribution in [0.3, 0.4) is 0 Å². The molecule has 3 aromatic rings. The first-order valence-electron chi connectivity index (χ1n) is 11.7. The Kier molecular flexibility index (Phi) is 7.73. The van der Waals surface area contributed by atoms with Gasteiger partial charge in [-0.1, -0.05) is 23.7 Å². The predicted molar refractivity (Wildman–Crippen MR) is 137 cm³/mol. The minimum absolute atomic E-state index is 0.213. The SMILES string of the molecule is CC(C)(F)C(=O)NCc1cnc(C(F)F)c(C(=O)Nc2ccc3c(c2)C(=O)N(c2cccc(Cl)c2)CC3)c1. The molecule has 0 unspecified atom stereocenters. The molecular weight excluding hydrogens is 521 g/mol. The highest BCUT2D eigenvalue weighted by atomic mass is 35.5.